The second kappa shape index (κ2) is 8.76. The van der Waals surface area contributed by atoms with Crippen molar-refractivity contribution < 1.29 is 0 Å². The Kier molecular flexibility index (Phi) is 6.35. The molecule has 22 heavy (non-hydrogen) atoms. The van der Waals surface area contributed by atoms with Crippen molar-refractivity contribution >= 4 is 0 Å². The van der Waals surface area contributed by atoms with E-state index in [0.29, 0.717) is 0 Å². The monoisotopic (exact) mass is 286 g/mol. The normalized spacial score (nSPS) is 12.3. The van der Waals surface area contributed by atoms with E-state index in [9.17, 15) is 0 Å². The first-order valence-corrected chi connectivity index (χ1v) is 7.93. The van der Waals surface area contributed by atoms with E-state index in [1.54, 1.807) is 0 Å². The molecule has 0 saturated heterocycles. The average Bonchev–Trinajstić information content (AvgIpc) is 2.59. The molecule has 0 aliphatic rings. The minimum absolute atomic E-state index is 0.114. The van der Waals surface area contributed by atoms with Crippen molar-refractivity contribution in [2.45, 2.75) is 38.5 Å². The van der Waals surface area contributed by atoms with Crippen LogP contribution in [0.15, 0.2) is 60.7 Å². The Hall–Kier alpha value is -2.44. The van der Waals surface area contributed by atoms with Gasteiger partial charge in [-0.2, -0.15) is 0 Å². The highest BCUT2D eigenvalue weighted by Gasteiger charge is 2.21. The Morgan fingerprint density at radius 1 is 0.636 bits per heavy atom. The van der Waals surface area contributed by atoms with Gasteiger partial charge in [-0.25, -0.2) is 0 Å². The standard InChI is InChI=1S/C22H22/c1-3-5-17-21(19-13-9-7-10-14-19)22(18-6-4-2)20-15-11-8-12-16-20/h7-16,21-22H,3-4H2,1-2H3/t21-,22-/m1/s1. The predicted molar refractivity (Wildman–Crippen MR) is 94.5 cm³/mol. The second-order valence-corrected chi connectivity index (χ2v) is 5.13. The fourth-order valence-electron chi connectivity index (χ4n) is 2.46. The van der Waals surface area contributed by atoms with E-state index in [0.717, 1.165) is 12.8 Å². The summed E-state index contributed by atoms with van der Waals surface area (Å²) in [6.45, 7) is 4.18. The summed E-state index contributed by atoms with van der Waals surface area (Å²) >= 11 is 0. The van der Waals surface area contributed by atoms with Crippen LogP contribution in [0.5, 0.6) is 0 Å². The lowest BCUT2D eigenvalue weighted by atomic mass is 9.82. The van der Waals surface area contributed by atoms with Gasteiger partial charge in [0.05, 0.1) is 11.8 Å². The summed E-state index contributed by atoms with van der Waals surface area (Å²) in [7, 11) is 0. The second-order valence-electron chi connectivity index (χ2n) is 5.13. The SMILES string of the molecule is CCC#C[C@H](c1ccccc1)[C@H](C#CCC)c1ccccc1. The first-order chi connectivity index (χ1) is 10.9. The Labute approximate surface area is 134 Å². The molecule has 0 amide bonds. The number of rotatable bonds is 3. The molecule has 0 heterocycles. The van der Waals surface area contributed by atoms with Crippen LogP contribution in [0.25, 0.3) is 0 Å². The van der Waals surface area contributed by atoms with E-state index < -0.39 is 0 Å². The third-order valence-corrected chi connectivity index (χ3v) is 3.52. The van der Waals surface area contributed by atoms with Crippen LogP contribution < -0.4 is 0 Å². The zero-order valence-electron chi connectivity index (χ0n) is 13.3. The summed E-state index contributed by atoms with van der Waals surface area (Å²) in [6, 6.07) is 21.0. The maximum Gasteiger partial charge on any atom is 0.0630 e. The van der Waals surface area contributed by atoms with E-state index in [4.69, 9.17) is 0 Å². The molecule has 0 heteroatoms. The molecule has 0 spiro atoms. The van der Waals surface area contributed by atoms with Crippen molar-refractivity contribution in [3.8, 4) is 23.7 Å². The minimum atomic E-state index is 0.114. The van der Waals surface area contributed by atoms with E-state index in [-0.39, 0.29) is 11.8 Å². The van der Waals surface area contributed by atoms with Gasteiger partial charge in [-0.1, -0.05) is 86.4 Å². The fraction of sp³-hybridized carbons (Fsp3) is 0.273. The zero-order valence-corrected chi connectivity index (χ0v) is 13.3. The van der Waals surface area contributed by atoms with Gasteiger partial charge in [0.25, 0.3) is 0 Å². The molecule has 2 rings (SSSR count). The van der Waals surface area contributed by atoms with E-state index >= 15 is 0 Å². The smallest absolute Gasteiger partial charge is 0.0630 e. The summed E-state index contributed by atoms with van der Waals surface area (Å²) < 4.78 is 0. The molecular weight excluding hydrogens is 264 g/mol. The lowest BCUT2D eigenvalue weighted by Crippen LogP contribution is -2.08. The van der Waals surface area contributed by atoms with E-state index in [2.05, 4.69) is 86.1 Å². The van der Waals surface area contributed by atoms with Crippen LogP contribution in [0.1, 0.15) is 49.7 Å². The lowest BCUT2D eigenvalue weighted by molar-refractivity contribution is 0.778. The molecule has 110 valence electrons. The highest BCUT2D eigenvalue weighted by atomic mass is 14.2. The van der Waals surface area contributed by atoms with Gasteiger partial charge in [-0.15, -0.1) is 11.8 Å². The van der Waals surface area contributed by atoms with Crippen LogP contribution in [0, 0.1) is 23.7 Å². The van der Waals surface area contributed by atoms with Gasteiger partial charge in [0.2, 0.25) is 0 Å². The van der Waals surface area contributed by atoms with Crippen molar-refractivity contribution in [1.82, 2.24) is 0 Å². The van der Waals surface area contributed by atoms with Crippen LogP contribution in [-0.4, -0.2) is 0 Å². The number of hydrogen-bond donors (Lipinski definition) is 0. The molecule has 0 fully saturated rings. The van der Waals surface area contributed by atoms with Crippen LogP contribution in [0.2, 0.25) is 0 Å². The third kappa shape index (κ3) is 4.28. The highest BCUT2D eigenvalue weighted by molar-refractivity contribution is 5.40. The topological polar surface area (TPSA) is 0 Å². The van der Waals surface area contributed by atoms with E-state index in [1.807, 2.05) is 12.1 Å². The van der Waals surface area contributed by atoms with Gasteiger partial charge in [-0.3, -0.25) is 0 Å². The van der Waals surface area contributed by atoms with Gasteiger partial charge in [0, 0.05) is 12.8 Å². The molecule has 0 aromatic heterocycles. The number of benzene rings is 2. The molecular formula is C22H22. The fourth-order valence-corrected chi connectivity index (χ4v) is 2.46. The van der Waals surface area contributed by atoms with Crippen molar-refractivity contribution in [3.63, 3.8) is 0 Å². The molecule has 0 nitrogen and oxygen atoms in total. The van der Waals surface area contributed by atoms with Crippen LogP contribution >= 0.6 is 0 Å². The van der Waals surface area contributed by atoms with Crippen molar-refractivity contribution in [2.75, 3.05) is 0 Å². The van der Waals surface area contributed by atoms with Crippen molar-refractivity contribution in [3.05, 3.63) is 71.8 Å². The van der Waals surface area contributed by atoms with Gasteiger partial charge < -0.3 is 0 Å². The number of hydrogen-bond acceptors (Lipinski definition) is 0. The largest absolute Gasteiger partial charge is 0.103 e. The summed E-state index contributed by atoms with van der Waals surface area (Å²) in [6.07, 6.45) is 1.73. The molecule has 0 N–H and O–H groups in total. The van der Waals surface area contributed by atoms with Crippen LogP contribution in [0.3, 0.4) is 0 Å². The summed E-state index contributed by atoms with van der Waals surface area (Å²) in [5.74, 6) is 13.6. The molecule has 0 saturated carbocycles. The Morgan fingerprint density at radius 2 is 1.00 bits per heavy atom. The lowest BCUT2D eigenvalue weighted by Gasteiger charge is -2.19. The van der Waals surface area contributed by atoms with Crippen LogP contribution in [-0.2, 0) is 0 Å². The maximum absolute atomic E-state index is 3.44. The molecule has 2 aromatic rings. The maximum atomic E-state index is 3.44. The highest BCUT2D eigenvalue weighted by Crippen LogP contribution is 2.32. The molecule has 2 atom stereocenters. The molecule has 0 radical (unpaired) electrons. The zero-order chi connectivity index (χ0) is 15.6. The van der Waals surface area contributed by atoms with Crippen LogP contribution in [0.4, 0.5) is 0 Å². The summed E-state index contributed by atoms with van der Waals surface area (Å²) in [5.41, 5.74) is 2.48. The Morgan fingerprint density at radius 3 is 1.32 bits per heavy atom. The average molecular weight is 286 g/mol. The quantitative estimate of drug-likeness (QED) is 0.664. The molecule has 0 aliphatic carbocycles. The summed E-state index contributed by atoms with van der Waals surface area (Å²) in [5, 5.41) is 0. The van der Waals surface area contributed by atoms with Crippen molar-refractivity contribution in [2.24, 2.45) is 0 Å². The molecule has 0 bridgehead atoms. The Balaban J connectivity index is 2.48. The molecule has 2 aromatic carbocycles. The molecule has 0 unspecified atom stereocenters. The summed E-state index contributed by atoms with van der Waals surface area (Å²) in [4.78, 5) is 0. The van der Waals surface area contributed by atoms with Gasteiger partial charge >= 0.3 is 0 Å². The first kappa shape index (κ1) is 15.9. The predicted octanol–water partition coefficient (Wildman–Crippen LogP) is 5.38. The van der Waals surface area contributed by atoms with Crippen molar-refractivity contribution in [1.29, 1.82) is 0 Å². The first-order valence-electron chi connectivity index (χ1n) is 7.93. The molecule has 0 aliphatic heterocycles. The van der Waals surface area contributed by atoms with E-state index in [1.165, 1.54) is 11.1 Å². The van der Waals surface area contributed by atoms with Gasteiger partial charge in [0.15, 0.2) is 0 Å². The Bertz CT molecular complexity index is 611. The van der Waals surface area contributed by atoms with Gasteiger partial charge in [-0.05, 0) is 11.1 Å². The minimum Gasteiger partial charge on any atom is -0.103 e. The third-order valence-electron chi connectivity index (χ3n) is 3.52. The van der Waals surface area contributed by atoms with Gasteiger partial charge in [0.1, 0.15) is 0 Å².